The smallest absolute Gasteiger partial charge is 0.249 e. The highest BCUT2D eigenvalue weighted by Crippen LogP contribution is 2.40. The van der Waals surface area contributed by atoms with Crippen LogP contribution in [-0.4, -0.2) is 62.2 Å². The fourth-order valence-corrected chi connectivity index (χ4v) is 5.69. The van der Waals surface area contributed by atoms with Crippen molar-refractivity contribution in [3.05, 3.63) is 83.9 Å². The third-order valence-corrected chi connectivity index (χ3v) is 7.53. The topological polar surface area (TPSA) is 150 Å². The summed E-state index contributed by atoms with van der Waals surface area (Å²) in [6.45, 7) is 4.60. The monoisotopic (exact) mass is 553 g/mol. The van der Waals surface area contributed by atoms with E-state index in [1.165, 1.54) is 0 Å². The minimum Gasteiger partial charge on any atom is -0.367 e. The number of hydrogen-bond donors (Lipinski definition) is 2. The normalized spacial score (nSPS) is 23.0. The molecule has 0 aliphatic carbocycles. The Balaban J connectivity index is 1.23. The Morgan fingerprint density at radius 2 is 1.73 bits per heavy atom. The summed E-state index contributed by atoms with van der Waals surface area (Å²) >= 11 is 0. The number of rotatable bonds is 9. The predicted molar refractivity (Wildman–Crippen MR) is 150 cm³/mol. The number of hydrogen-bond acceptors (Lipinski definition) is 9. The molecule has 2 aromatic heterocycles. The van der Waals surface area contributed by atoms with E-state index in [1.807, 2.05) is 41.0 Å². The molecule has 2 saturated heterocycles. The number of amides is 1. The molecule has 4 atom stereocenters. The molecule has 4 aromatic rings. The average Bonchev–Trinajstić information content (AvgIpc) is 3.63. The van der Waals surface area contributed by atoms with Gasteiger partial charge in [0.2, 0.25) is 11.7 Å². The van der Waals surface area contributed by atoms with Gasteiger partial charge in [-0.15, -0.1) is 0 Å². The van der Waals surface area contributed by atoms with Crippen molar-refractivity contribution >= 4 is 22.9 Å². The number of nitriles is 1. The number of aryl methyl sites for hydroxylation is 1. The van der Waals surface area contributed by atoms with Crippen molar-refractivity contribution in [2.45, 2.75) is 62.9 Å². The van der Waals surface area contributed by atoms with Gasteiger partial charge in [-0.25, -0.2) is 4.98 Å². The molecule has 11 heteroatoms. The van der Waals surface area contributed by atoms with Gasteiger partial charge in [-0.3, -0.25) is 4.79 Å². The van der Waals surface area contributed by atoms with Crippen LogP contribution in [0.2, 0.25) is 0 Å². The van der Waals surface area contributed by atoms with E-state index in [1.54, 1.807) is 20.2 Å². The van der Waals surface area contributed by atoms with Crippen LogP contribution in [0.1, 0.15) is 43.1 Å². The Hall–Kier alpha value is -4.37. The minimum atomic E-state index is -0.878. The number of aromatic nitrogens is 4. The summed E-state index contributed by atoms with van der Waals surface area (Å²) in [7, 11) is 0. The van der Waals surface area contributed by atoms with Crippen molar-refractivity contribution in [1.82, 2.24) is 19.5 Å². The SMILES string of the molecule is CC1(C)OC2[C@@H](CCn3cnc4c(NCC(c5ccccc5)c5ccccc5)nc(C#N)nc43)O[C@H](C(N)=O)[C@H]2O1. The van der Waals surface area contributed by atoms with Crippen molar-refractivity contribution in [3.63, 3.8) is 0 Å². The van der Waals surface area contributed by atoms with Crippen LogP contribution in [0.5, 0.6) is 0 Å². The molecule has 2 fully saturated rings. The van der Waals surface area contributed by atoms with Crippen LogP contribution in [0, 0.1) is 11.3 Å². The van der Waals surface area contributed by atoms with Crippen LogP contribution >= 0.6 is 0 Å². The summed E-state index contributed by atoms with van der Waals surface area (Å²) < 4.78 is 19.8. The Morgan fingerprint density at radius 1 is 1.07 bits per heavy atom. The quantitative estimate of drug-likeness (QED) is 0.319. The lowest BCUT2D eigenvalue weighted by Crippen LogP contribution is -2.39. The van der Waals surface area contributed by atoms with Crippen LogP contribution < -0.4 is 11.1 Å². The third kappa shape index (κ3) is 5.37. The maximum absolute atomic E-state index is 12.0. The molecule has 4 heterocycles. The van der Waals surface area contributed by atoms with E-state index in [2.05, 4.69) is 50.6 Å². The highest BCUT2D eigenvalue weighted by atomic mass is 16.8. The molecule has 0 saturated carbocycles. The zero-order chi connectivity index (χ0) is 28.6. The third-order valence-electron chi connectivity index (χ3n) is 7.53. The van der Waals surface area contributed by atoms with E-state index < -0.39 is 36.1 Å². The first-order valence-corrected chi connectivity index (χ1v) is 13.6. The molecule has 11 nitrogen and oxygen atoms in total. The molecule has 41 heavy (non-hydrogen) atoms. The summed E-state index contributed by atoms with van der Waals surface area (Å²) in [4.78, 5) is 25.5. The zero-order valence-electron chi connectivity index (χ0n) is 22.8. The van der Waals surface area contributed by atoms with Crippen LogP contribution in [-0.2, 0) is 25.5 Å². The number of nitrogens with one attached hydrogen (secondary N) is 1. The molecule has 1 unspecified atom stereocenters. The summed E-state index contributed by atoms with van der Waals surface area (Å²) in [5.74, 6) is -0.832. The molecule has 1 amide bonds. The lowest BCUT2D eigenvalue weighted by atomic mass is 9.91. The lowest BCUT2D eigenvalue weighted by Gasteiger charge is -2.23. The number of fused-ring (bicyclic) bond motifs is 2. The second-order valence-electron chi connectivity index (χ2n) is 10.7. The molecule has 2 aromatic carbocycles. The maximum atomic E-state index is 12.0. The molecule has 3 N–H and O–H groups in total. The Kier molecular flexibility index (Phi) is 7.13. The summed E-state index contributed by atoms with van der Waals surface area (Å²) in [6.07, 6.45) is -0.106. The largest absolute Gasteiger partial charge is 0.367 e. The number of anilines is 1. The van der Waals surface area contributed by atoms with Gasteiger partial charge in [-0.1, -0.05) is 60.7 Å². The van der Waals surface area contributed by atoms with Gasteiger partial charge in [-0.2, -0.15) is 15.2 Å². The van der Waals surface area contributed by atoms with E-state index >= 15 is 0 Å². The van der Waals surface area contributed by atoms with Crippen LogP contribution in [0.25, 0.3) is 11.2 Å². The van der Waals surface area contributed by atoms with Gasteiger partial charge in [0.05, 0.1) is 12.4 Å². The Bertz CT molecular complexity index is 1550. The van der Waals surface area contributed by atoms with E-state index in [9.17, 15) is 10.1 Å². The standard InChI is InChI=1S/C30H31N7O4/c1-30(2)40-24-21(39-26(27(32)38)25(24)41-30)13-14-37-17-34-23-28(35-22(15-31)36-29(23)37)33-16-20(18-9-5-3-6-10-18)19-11-7-4-8-12-19/h3-12,17,20-21,24-26H,13-14,16H2,1-2H3,(H2,32,38)(H,33,35,36)/t21-,24?,25+,26+/m1/s1. The number of ether oxygens (including phenoxy) is 3. The summed E-state index contributed by atoms with van der Waals surface area (Å²) in [6, 6.07) is 22.6. The van der Waals surface area contributed by atoms with Gasteiger partial charge >= 0.3 is 0 Å². The number of nitrogens with zero attached hydrogens (tertiary/aromatic N) is 5. The first-order valence-electron chi connectivity index (χ1n) is 13.6. The van der Waals surface area contributed by atoms with Crippen molar-refractivity contribution in [1.29, 1.82) is 5.26 Å². The number of imidazole rings is 1. The summed E-state index contributed by atoms with van der Waals surface area (Å²) in [5, 5.41) is 13.1. The molecule has 210 valence electrons. The molecule has 2 aliphatic heterocycles. The molecule has 2 aliphatic rings. The van der Waals surface area contributed by atoms with Gasteiger partial charge in [-0.05, 0) is 31.4 Å². The molecule has 0 bridgehead atoms. The van der Waals surface area contributed by atoms with Gasteiger partial charge in [0, 0.05) is 19.0 Å². The average molecular weight is 554 g/mol. The number of primary amides is 1. The first kappa shape index (κ1) is 26.8. The Labute approximate surface area is 237 Å². The number of benzene rings is 2. The fourth-order valence-electron chi connectivity index (χ4n) is 5.69. The molecular weight excluding hydrogens is 522 g/mol. The van der Waals surface area contributed by atoms with Crippen molar-refractivity contribution in [2.75, 3.05) is 11.9 Å². The highest BCUT2D eigenvalue weighted by Gasteiger charge is 2.56. The first-order chi connectivity index (χ1) is 19.8. The Morgan fingerprint density at radius 3 is 2.37 bits per heavy atom. The predicted octanol–water partition coefficient (Wildman–Crippen LogP) is 3.10. The molecule has 0 radical (unpaired) electrons. The van der Waals surface area contributed by atoms with Gasteiger partial charge in [0.25, 0.3) is 0 Å². The van der Waals surface area contributed by atoms with E-state index in [4.69, 9.17) is 19.9 Å². The van der Waals surface area contributed by atoms with Crippen LogP contribution in [0.4, 0.5) is 5.82 Å². The highest BCUT2D eigenvalue weighted by molar-refractivity contribution is 5.83. The summed E-state index contributed by atoms with van der Waals surface area (Å²) in [5.41, 5.74) is 8.98. The number of nitrogens with two attached hydrogens (primary N) is 1. The van der Waals surface area contributed by atoms with Crippen molar-refractivity contribution < 1.29 is 19.0 Å². The van der Waals surface area contributed by atoms with Gasteiger partial charge < -0.3 is 29.8 Å². The van der Waals surface area contributed by atoms with E-state index in [0.717, 1.165) is 11.1 Å². The van der Waals surface area contributed by atoms with Crippen molar-refractivity contribution in [2.24, 2.45) is 5.73 Å². The van der Waals surface area contributed by atoms with E-state index in [0.29, 0.717) is 36.5 Å². The zero-order valence-corrected chi connectivity index (χ0v) is 22.8. The second-order valence-corrected chi connectivity index (χ2v) is 10.7. The fraction of sp³-hybridized carbons (Fsp3) is 0.367. The van der Waals surface area contributed by atoms with Crippen LogP contribution in [0.15, 0.2) is 67.0 Å². The lowest BCUT2D eigenvalue weighted by molar-refractivity contribution is -0.188. The van der Waals surface area contributed by atoms with E-state index in [-0.39, 0.29) is 11.7 Å². The number of carbonyl (C=O) groups excluding carboxylic acids is 1. The molecule has 6 rings (SSSR count). The van der Waals surface area contributed by atoms with Gasteiger partial charge in [0.1, 0.15) is 18.3 Å². The molecular formula is C30H31N7O4. The van der Waals surface area contributed by atoms with Crippen LogP contribution in [0.3, 0.4) is 0 Å². The van der Waals surface area contributed by atoms with Gasteiger partial charge in [0.15, 0.2) is 28.9 Å². The number of carbonyl (C=O) groups is 1. The molecule has 0 spiro atoms. The minimum absolute atomic E-state index is 0.0398. The van der Waals surface area contributed by atoms with Crippen molar-refractivity contribution in [3.8, 4) is 6.07 Å². The second kappa shape index (κ2) is 10.9. The maximum Gasteiger partial charge on any atom is 0.249 e.